The summed E-state index contributed by atoms with van der Waals surface area (Å²) >= 11 is 0. The first-order valence-electron chi connectivity index (χ1n) is 12.2. The van der Waals surface area contributed by atoms with Gasteiger partial charge in [-0.3, -0.25) is 19.1 Å². The van der Waals surface area contributed by atoms with Crippen LogP contribution >= 0.6 is 0 Å². The summed E-state index contributed by atoms with van der Waals surface area (Å²) in [4.78, 5) is 37.4. The van der Waals surface area contributed by atoms with E-state index >= 15 is 0 Å². The molecule has 1 saturated carbocycles. The molecule has 0 spiro atoms. The van der Waals surface area contributed by atoms with Crippen LogP contribution in [-0.4, -0.2) is 38.6 Å². The summed E-state index contributed by atoms with van der Waals surface area (Å²) in [6.45, 7) is -0.150. The largest absolute Gasteiger partial charge is 0.352 e. The molecule has 3 N–H and O–H groups in total. The van der Waals surface area contributed by atoms with Gasteiger partial charge in [0.15, 0.2) is 5.78 Å². The van der Waals surface area contributed by atoms with Crippen molar-refractivity contribution < 1.29 is 22.8 Å². The van der Waals surface area contributed by atoms with E-state index in [0.29, 0.717) is 5.56 Å². The molecule has 0 aromatic heterocycles. The topological polar surface area (TPSA) is 121 Å². The van der Waals surface area contributed by atoms with E-state index in [1.807, 2.05) is 0 Å². The second kappa shape index (κ2) is 11.8. The Kier molecular flexibility index (Phi) is 8.35. The molecule has 1 fully saturated rings. The van der Waals surface area contributed by atoms with Crippen LogP contribution in [0.1, 0.15) is 58.4 Å². The van der Waals surface area contributed by atoms with Crippen molar-refractivity contribution in [2.45, 2.75) is 43.0 Å². The van der Waals surface area contributed by atoms with Gasteiger partial charge in [0, 0.05) is 22.7 Å². The molecule has 37 heavy (non-hydrogen) atoms. The third-order valence-corrected chi connectivity index (χ3v) is 7.64. The molecule has 0 bridgehead atoms. The summed E-state index contributed by atoms with van der Waals surface area (Å²) in [5.74, 6) is -1.03. The normalized spacial score (nSPS) is 13.9. The van der Waals surface area contributed by atoms with Crippen LogP contribution in [0, 0.1) is 0 Å². The minimum Gasteiger partial charge on any atom is -0.352 e. The van der Waals surface area contributed by atoms with Gasteiger partial charge >= 0.3 is 0 Å². The fourth-order valence-electron chi connectivity index (χ4n) is 4.29. The Labute approximate surface area is 216 Å². The molecule has 0 radical (unpaired) electrons. The minimum absolute atomic E-state index is 0.0685. The summed E-state index contributed by atoms with van der Waals surface area (Å²) in [5, 5.41) is 5.50. The number of sulfonamides is 1. The van der Waals surface area contributed by atoms with Crippen molar-refractivity contribution in [3.63, 3.8) is 0 Å². The second-order valence-corrected chi connectivity index (χ2v) is 10.6. The van der Waals surface area contributed by atoms with E-state index in [2.05, 4.69) is 15.4 Å². The molecule has 0 heterocycles. The Balaban J connectivity index is 1.39. The van der Waals surface area contributed by atoms with Crippen LogP contribution in [0.4, 0.5) is 5.69 Å². The van der Waals surface area contributed by atoms with Gasteiger partial charge in [-0.2, -0.15) is 0 Å². The zero-order valence-corrected chi connectivity index (χ0v) is 21.1. The summed E-state index contributed by atoms with van der Waals surface area (Å²) in [6, 6.07) is 20.5. The molecule has 1 aliphatic rings. The van der Waals surface area contributed by atoms with E-state index in [0.717, 1.165) is 25.7 Å². The molecule has 192 valence electrons. The molecule has 0 saturated heterocycles. The number of hydrogen-bond acceptors (Lipinski definition) is 5. The van der Waals surface area contributed by atoms with Crippen molar-refractivity contribution in [3.05, 3.63) is 95.6 Å². The smallest absolute Gasteiger partial charge is 0.261 e. The highest BCUT2D eigenvalue weighted by atomic mass is 32.2. The number of carbonyl (C=O) groups excluding carboxylic acids is 3. The van der Waals surface area contributed by atoms with Gasteiger partial charge in [0.05, 0.1) is 17.1 Å². The van der Waals surface area contributed by atoms with Gasteiger partial charge in [0.1, 0.15) is 0 Å². The van der Waals surface area contributed by atoms with Crippen LogP contribution in [0.25, 0.3) is 0 Å². The zero-order chi connectivity index (χ0) is 26.3. The van der Waals surface area contributed by atoms with E-state index < -0.39 is 15.9 Å². The number of carbonyl (C=O) groups is 3. The van der Waals surface area contributed by atoms with Gasteiger partial charge in [0.25, 0.3) is 15.9 Å². The maximum absolute atomic E-state index is 13.0. The number of ketones is 1. The van der Waals surface area contributed by atoms with Crippen molar-refractivity contribution in [1.29, 1.82) is 0 Å². The monoisotopic (exact) mass is 519 g/mol. The van der Waals surface area contributed by atoms with Crippen molar-refractivity contribution in [2.24, 2.45) is 0 Å². The zero-order valence-electron chi connectivity index (χ0n) is 20.3. The second-order valence-electron chi connectivity index (χ2n) is 8.96. The maximum atomic E-state index is 13.0. The molecule has 4 rings (SSSR count). The lowest BCUT2D eigenvalue weighted by molar-refractivity contribution is -0.121. The van der Waals surface area contributed by atoms with Gasteiger partial charge in [-0.05, 0) is 49.2 Å². The van der Waals surface area contributed by atoms with Crippen LogP contribution in [-0.2, 0) is 14.8 Å². The highest BCUT2D eigenvalue weighted by Crippen LogP contribution is 2.23. The quantitative estimate of drug-likeness (QED) is 0.370. The number of benzene rings is 3. The molecule has 8 nitrogen and oxygen atoms in total. The first-order valence-corrected chi connectivity index (χ1v) is 13.7. The molecule has 0 atom stereocenters. The molecular weight excluding hydrogens is 490 g/mol. The lowest BCUT2D eigenvalue weighted by atomic mass is 9.95. The first-order chi connectivity index (χ1) is 17.8. The van der Waals surface area contributed by atoms with E-state index in [9.17, 15) is 22.8 Å². The third-order valence-electron chi connectivity index (χ3n) is 6.26. The number of nitrogens with one attached hydrogen (secondary N) is 3. The van der Waals surface area contributed by atoms with Gasteiger partial charge in [-0.1, -0.05) is 61.7 Å². The molecule has 2 amide bonds. The predicted molar refractivity (Wildman–Crippen MR) is 141 cm³/mol. The van der Waals surface area contributed by atoms with Gasteiger partial charge < -0.3 is 10.6 Å². The van der Waals surface area contributed by atoms with Crippen molar-refractivity contribution in [1.82, 2.24) is 10.6 Å². The highest BCUT2D eigenvalue weighted by molar-refractivity contribution is 7.92. The summed E-state index contributed by atoms with van der Waals surface area (Å²) in [6.07, 6.45) is 5.28. The van der Waals surface area contributed by atoms with Crippen LogP contribution in [0.2, 0.25) is 0 Å². The fraction of sp³-hybridized carbons (Fsp3) is 0.250. The summed E-state index contributed by atoms with van der Waals surface area (Å²) < 4.78 is 28.5. The molecule has 0 unspecified atom stereocenters. The molecular formula is C28H29N3O5S. The fourth-order valence-corrected chi connectivity index (χ4v) is 5.37. The lowest BCUT2D eigenvalue weighted by Crippen LogP contribution is -2.42. The Morgan fingerprint density at radius 1 is 0.757 bits per heavy atom. The first kappa shape index (κ1) is 26.1. The third kappa shape index (κ3) is 6.83. The average Bonchev–Trinajstić information content (AvgIpc) is 2.92. The van der Waals surface area contributed by atoms with E-state index in [4.69, 9.17) is 0 Å². The predicted octanol–water partition coefficient (Wildman–Crippen LogP) is 3.90. The Hall–Kier alpha value is -3.98. The number of para-hydroxylation sites is 1. The number of hydrogen-bond donors (Lipinski definition) is 3. The molecule has 9 heteroatoms. The molecule has 3 aromatic carbocycles. The van der Waals surface area contributed by atoms with Crippen LogP contribution in [0.5, 0.6) is 0 Å². The van der Waals surface area contributed by atoms with Gasteiger partial charge in [0.2, 0.25) is 5.91 Å². The van der Waals surface area contributed by atoms with Crippen LogP contribution < -0.4 is 15.4 Å². The van der Waals surface area contributed by atoms with E-state index in [1.165, 1.54) is 36.8 Å². The lowest BCUT2D eigenvalue weighted by Gasteiger charge is -2.22. The molecule has 0 aliphatic heterocycles. The average molecular weight is 520 g/mol. The van der Waals surface area contributed by atoms with Crippen LogP contribution in [0.15, 0.2) is 83.8 Å². The van der Waals surface area contributed by atoms with Crippen LogP contribution in [0.3, 0.4) is 0 Å². The molecule has 3 aromatic rings. The van der Waals surface area contributed by atoms with Crippen molar-refractivity contribution >= 4 is 33.3 Å². The summed E-state index contributed by atoms with van der Waals surface area (Å²) in [5.41, 5.74) is 1.04. The molecule has 1 aliphatic carbocycles. The Morgan fingerprint density at radius 3 is 2.11 bits per heavy atom. The van der Waals surface area contributed by atoms with Crippen molar-refractivity contribution in [3.8, 4) is 0 Å². The minimum atomic E-state index is -4.03. The number of rotatable bonds is 9. The Bertz CT molecular complexity index is 1370. The Morgan fingerprint density at radius 2 is 1.41 bits per heavy atom. The standard InChI is InChI=1S/C28H29N3O5S/c32-26(30-22-11-5-2-6-12-22)19-29-28(34)21-15-17-23(18-16-21)37(35,36)31-25-14-8-7-13-24(25)27(33)20-9-3-1-4-10-20/h1,3-4,7-10,13-18,22,31H,2,5-6,11-12,19H2,(H,29,34)(H,30,32). The number of anilines is 1. The van der Waals surface area contributed by atoms with E-state index in [1.54, 1.807) is 48.5 Å². The number of amides is 2. The highest BCUT2D eigenvalue weighted by Gasteiger charge is 2.20. The summed E-state index contributed by atoms with van der Waals surface area (Å²) in [7, 11) is -4.03. The van der Waals surface area contributed by atoms with Gasteiger partial charge in [-0.25, -0.2) is 8.42 Å². The van der Waals surface area contributed by atoms with E-state index in [-0.39, 0.29) is 46.0 Å². The van der Waals surface area contributed by atoms with Crippen molar-refractivity contribution in [2.75, 3.05) is 11.3 Å². The maximum Gasteiger partial charge on any atom is 0.261 e. The SMILES string of the molecule is O=C(CNC(=O)c1ccc(S(=O)(=O)Nc2ccccc2C(=O)c2ccccc2)cc1)NC1CCCCC1. The van der Waals surface area contributed by atoms with Gasteiger partial charge in [-0.15, -0.1) is 0 Å².